The zero-order chi connectivity index (χ0) is 21.5. The Hall–Kier alpha value is -2.96. The first-order valence-electron chi connectivity index (χ1n) is 10.7. The van der Waals surface area contributed by atoms with Crippen LogP contribution in [0.5, 0.6) is 0 Å². The molecule has 0 bridgehead atoms. The van der Waals surface area contributed by atoms with Gasteiger partial charge in [0.15, 0.2) is 5.82 Å². The molecule has 1 aromatic carbocycles. The number of hydrogen-bond acceptors (Lipinski definition) is 5. The normalized spacial score (nSPS) is 15.0. The standard InChI is InChI=1S/C23H31N5O2/c1-4-18(3)28(22(29)5-2)17-23(30)27-15-13-26(14-16-27)21-12-11-20(24-25-21)19-9-7-6-8-10-19/h6-12,18H,4-5,13-17H2,1-3H3. The van der Waals surface area contributed by atoms with Gasteiger partial charge in [-0.25, -0.2) is 0 Å². The predicted octanol–water partition coefficient (Wildman–Crippen LogP) is 2.83. The van der Waals surface area contributed by atoms with E-state index in [0.29, 0.717) is 32.6 Å². The van der Waals surface area contributed by atoms with Crippen LogP contribution >= 0.6 is 0 Å². The Bertz CT molecular complexity index is 832. The third-order valence-electron chi connectivity index (χ3n) is 5.73. The summed E-state index contributed by atoms with van der Waals surface area (Å²) in [5, 5.41) is 8.74. The second-order valence-corrected chi connectivity index (χ2v) is 7.64. The second kappa shape index (κ2) is 10.2. The number of carbonyl (C=O) groups is 2. The number of hydrogen-bond donors (Lipinski definition) is 0. The highest BCUT2D eigenvalue weighted by atomic mass is 16.2. The van der Waals surface area contributed by atoms with E-state index in [9.17, 15) is 9.59 Å². The van der Waals surface area contributed by atoms with Gasteiger partial charge >= 0.3 is 0 Å². The van der Waals surface area contributed by atoms with E-state index in [1.54, 1.807) is 4.90 Å². The molecular formula is C23H31N5O2. The topological polar surface area (TPSA) is 69.6 Å². The maximum absolute atomic E-state index is 12.8. The summed E-state index contributed by atoms with van der Waals surface area (Å²) in [6, 6.07) is 14.0. The van der Waals surface area contributed by atoms with E-state index in [1.165, 1.54) is 0 Å². The fraction of sp³-hybridized carbons (Fsp3) is 0.478. The van der Waals surface area contributed by atoms with Crippen LogP contribution in [0.4, 0.5) is 5.82 Å². The van der Waals surface area contributed by atoms with Gasteiger partial charge in [-0.1, -0.05) is 44.2 Å². The molecule has 7 heteroatoms. The fourth-order valence-electron chi connectivity index (χ4n) is 3.60. The SMILES string of the molecule is CCC(=O)N(CC(=O)N1CCN(c2ccc(-c3ccccc3)nn2)CC1)C(C)CC. The molecular weight excluding hydrogens is 378 g/mol. The van der Waals surface area contributed by atoms with Crippen LogP contribution in [0.3, 0.4) is 0 Å². The largest absolute Gasteiger partial charge is 0.352 e. The molecule has 1 aromatic heterocycles. The van der Waals surface area contributed by atoms with Crippen molar-refractivity contribution in [3.63, 3.8) is 0 Å². The van der Waals surface area contributed by atoms with Crippen molar-refractivity contribution in [2.75, 3.05) is 37.6 Å². The average Bonchev–Trinajstić information content (AvgIpc) is 2.82. The zero-order valence-electron chi connectivity index (χ0n) is 18.1. The minimum atomic E-state index is 0.0160. The summed E-state index contributed by atoms with van der Waals surface area (Å²) in [6.45, 7) is 8.68. The number of nitrogens with zero attached hydrogens (tertiary/aromatic N) is 5. The number of anilines is 1. The van der Waals surface area contributed by atoms with Crippen molar-refractivity contribution < 1.29 is 9.59 Å². The smallest absolute Gasteiger partial charge is 0.242 e. The molecule has 160 valence electrons. The van der Waals surface area contributed by atoms with Crippen LogP contribution < -0.4 is 4.90 Å². The van der Waals surface area contributed by atoms with Crippen molar-refractivity contribution in [2.45, 2.75) is 39.7 Å². The number of benzene rings is 1. The molecule has 1 unspecified atom stereocenters. The first-order chi connectivity index (χ1) is 14.5. The molecule has 0 aliphatic carbocycles. The molecule has 1 atom stereocenters. The van der Waals surface area contributed by atoms with E-state index in [1.807, 2.05) is 68.1 Å². The molecule has 0 spiro atoms. The molecule has 30 heavy (non-hydrogen) atoms. The molecule has 0 saturated carbocycles. The van der Waals surface area contributed by atoms with Gasteiger partial charge in [-0.15, -0.1) is 10.2 Å². The third-order valence-corrected chi connectivity index (χ3v) is 5.73. The lowest BCUT2D eigenvalue weighted by molar-refractivity contribution is -0.142. The Labute approximate surface area is 178 Å². The number of aromatic nitrogens is 2. The van der Waals surface area contributed by atoms with Crippen molar-refractivity contribution in [3.05, 3.63) is 42.5 Å². The van der Waals surface area contributed by atoms with Crippen LogP contribution in [0, 0.1) is 0 Å². The third kappa shape index (κ3) is 5.14. The molecule has 2 heterocycles. The molecule has 1 aliphatic rings. The van der Waals surface area contributed by atoms with Crippen molar-refractivity contribution in [1.29, 1.82) is 0 Å². The van der Waals surface area contributed by atoms with Gasteiger partial charge in [-0.05, 0) is 25.5 Å². The Morgan fingerprint density at radius 1 is 1.00 bits per heavy atom. The highest BCUT2D eigenvalue weighted by Crippen LogP contribution is 2.19. The molecule has 1 saturated heterocycles. The highest BCUT2D eigenvalue weighted by molar-refractivity contribution is 5.85. The average molecular weight is 410 g/mol. The summed E-state index contributed by atoms with van der Waals surface area (Å²) < 4.78 is 0. The van der Waals surface area contributed by atoms with E-state index >= 15 is 0 Å². The van der Waals surface area contributed by atoms with E-state index in [2.05, 4.69) is 15.1 Å². The lowest BCUT2D eigenvalue weighted by atomic mass is 10.1. The van der Waals surface area contributed by atoms with E-state index in [4.69, 9.17) is 0 Å². The molecule has 0 radical (unpaired) electrons. The van der Waals surface area contributed by atoms with E-state index in [-0.39, 0.29) is 24.4 Å². The summed E-state index contributed by atoms with van der Waals surface area (Å²) in [5.74, 6) is 0.872. The summed E-state index contributed by atoms with van der Waals surface area (Å²) in [4.78, 5) is 30.7. The molecule has 1 fully saturated rings. The first-order valence-corrected chi connectivity index (χ1v) is 10.7. The van der Waals surface area contributed by atoms with Crippen LogP contribution in [0.15, 0.2) is 42.5 Å². The molecule has 1 aliphatic heterocycles. The minimum Gasteiger partial charge on any atom is -0.352 e. The monoisotopic (exact) mass is 409 g/mol. The van der Waals surface area contributed by atoms with E-state index in [0.717, 1.165) is 23.5 Å². The van der Waals surface area contributed by atoms with E-state index < -0.39 is 0 Å². The quantitative estimate of drug-likeness (QED) is 0.703. The van der Waals surface area contributed by atoms with Gasteiger partial charge in [-0.3, -0.25) is 9.59 Å². The fourth-order valence-corrected chi connectivity index (χ4v) is 3.60. The van der Waals surface area contributed by atoms with Crippen molar-refractivity contribution in [2.24, 2.45) is 0 Å². The predicted molar refractivity (Wildman–Crippen MR) is 118 cm³/mol. The van der Waals surface area contributed by atoms with Crippen LogP contribution in [0.25, 0.3) is 11.3 Å². The Morgan fingerprint density at radius 3 is 2.27 bits per heavy atom. The molecule has 3 rings (SSSR count). The molecule has 7 nitrogen and oxygen atoms in total. The van der Waals surface area contributed by atoms with Crippen LogP contribution in [-0.2, 0) is 9.59 Å². The van der Waals surface area contributed by atoms with Gasteiger partial charge in [0, 0.05) is 44.2 Å². The van der Waals surface area contributed by atoms with Gasteiger partial charge in [0.25, 0.3) is 0 Å². The van der Waals surface area contributed by atoms with Crippen LogP contribution in [0.2, 0.25) is 0 Å². The van der Waals surface area contributed by atoms with Gasteiger partial charge < -0.3 is 14.7 Å². The number of piperazine rings is 1. The van der Waals surface area contributed by atoms with Crippen molar-refractivity contribution >= 4 is 17.6 Å². The van der Waals surface area contributed by atoms with Crippen LogP contribution in [0.1, 0.15) is 33.6 Å². The number of carbonyl (C=O) groups excluding carboxylic acids is 2. The first kappa shape index (κ1) is 21.7. The van der Waals surface area contributed by atoms with Crippen LogP contribution in [-0.4, -0.2) is 70.6 Å². The van der Waals surface area contributed by atoms with Crippen molar-refractivity contribution in [1.82, 2.24) is 20.0 Å². The second-order valence-electron chi connectivity index (χ2n) is 7.64. The molecule has 0 N–H and O–H groups in total. The maximum Gasteiger partial charge on any atom is 0.242 e. The van der Waals surface area contributed by atoms with Gasteiger partial charge in [0.05, 0.1) is 12.2 Å². The lowest BCUT2D eigenvalue weighted by Gasteiger charge is -2.37. The summed E-state index contributed by atoms with van der Waals surface area (Å²) in [6.07, 6.45) is 1.26. The van der Waals surface area contributed by atoms with Gasteiger partial charge in [-0.2, -0.15) is 0 Å². The Balaban J connectivity index is 1.56. The summed E-state index contributed by atoms with van der Waals surface area (Å²) in [5.41, 5.74) is 1.89. The molecule has 2 aromatic rings. The number of rotatable bonds is 7. The highest BCUT2D eigenvalue weighted by Gasteiger charge is 2.26. The van der Waals surface area contributed by atoms with Gasteiger partial charge in [0.2, 0.25) is 11.8 Å². The maximum atomic E-state index is 12.8. The Kier molecular flexibility index (Phi) is 7.38. The zero-order valence-corrected chi connectivity index (χ0v) is 18.1. The summed E-state index contributed by atoms with van der Waals surface area (Å²) >= 11 is 0. The van der Waals surface area contributed by atoms with Crippen molar-refractivity contribution in [3.8, 4) is 11.3 Å². The minimum absolute atomic E-state index is 0.0160. The number of amides is 2. The van der Waals surface area contributed by atoms with Gasteiger partial charge in [0.1, 0.15) is 0 Å². The Morgan fingerprint density at radius 2 is 1.70 bits per heavy atom. The summed E-state index contributed by atoms with van der Waals surface area (Å²) in [7, 11) is 0. The molecule has 2 amide bonds. The lowest BCUT2D eigenvalue weighted by Crippen LogP contribution is -2.53.